The summed E-state index contributed by atoms with van der Waals surface area (Å²) < 4.78 is 18.1. The van der Waals surface area contributed by atoms with Gasteiger partial charge in [0.2, 0.25) is 0 Å². The van der Waals surface area contributed by atoms with Crippen LogP contribution < -0.4 is 0 Å². The van der Waals surface area contributed by atoms with Crippen LogP contribution in [0.5, 0.6) is 0 Å². The van der Waals surface area contributed by atoms with Crippen molar-refractivity contribution < 1.29 is 34.3 Å². The highest BCUT2D eigenvalue weighted by atomic mass is 16.7. The predicted molar refractivity (Wildman–Crippen MR) is 168 cm³/mol. The molecule has 13 atom stereocenters. The average Bonchev–Trinajstić information content (AvgIpc) is 3.09. The first-order valence-corrected chi connectivity index (χ1v) is 17.7. The highest BCUT2D eigenvalue weighted by Gasteiger charge is 2.63. The van der Waals surface area contributed by atoms with Gasteiger partial charge in [0.25, 0.3) is 0 Å². The molecule has 0 aromatic heterocycles. The van der Waals surface area contributed by atoms with E-state index in [4.69, 9.17) is 14.2 Å². The smallest absolute Gasteiger partial charge is 0.302 e. The summed E-state index contributed by atoms with van der Waals surface area (Å²) in [4.78, 5) is 12.0. The van der Waals surface area contributed by atoms with Crippen molar-refractivity contribution in [2.75, 3.05) is 6.61 Å². The second-order valence-electron chi connectivity index (χ2n) is 17.8. The molecule has 5 fully saturated rings. The van der Waals surface area contributed by atoms with Crippen LogP contribution in [0.2, 0.25) is 0 Å². The number of hydrogen-bond acceptors (Lipinski definition) is 7. The van der Waals surface area contributed by atoms with Gasteiger partial charge in [-0.25, -0.2) is 0 Å². The van der Waals surface area contributed by atoms with Crippen molar-refractivity contribution in [3.63, 3.8) is 0 Å². The molecule has 250 valence electrons. The van der Waals surface area contributed by atoms with Crippen LogP contribution in [-0.4, -0.2) is 64.7 Å². The highest BCUT2D eigenvalue weighted by molar-refractivity contribution is 5.66. The first kappa shape index (κ1) is 32.9. The Bertz CT molecular complexity index is 1150. The Morgan fingerprint density at radius 1 is 0.773 bits per heavy atom. The standard InChI is InChI=1S/C37H60O7/c1-21(38)43-28-14-17-36(7)23-10-12-27-35(6,19-22(23)9-11-25(36)33(28,2)3)16-13-26-34(4,5)29(15-18-37(26,27)8)44-32-31(41)30(40)24(39)20-42-32/h19,23-32,39-41H,9-18,20H2,1-8H3/t23-,24-,25-,26-,27-,28?,29-,30-,31+,32-,35-,36+,37-/m0/s1. The first-order chi connectivity index (χ1) is 20.4. The fourth-order valence-corrected chi connectivity index (χ4v) is 12.6. The van der Waals surface area contributed by atoms with E-state index in [9.17, 15) is 20.1 Å². The molecule has 7 nitrogen and oxygen atoms in total. The number of aliphatic hydroxyl groups excluding tert-OH is 3. The van der Waals surface area contributed by atoms with E-state index in [1.807, 2.05) is 0 Å². The molecular weight excluding hydrogens is 556 g/mol. The lowest BCUT2D eigenvalue weighted by molar-refractivity contribution is -0.306. The summed E-state index contributed by atoms with van der Waals surface area (Å²) in [6.07, 6.45) is 9.34. The number of ether oxygens (including phenoxy) is 3. The van der Waals surface area contributed by atoms with E-state index < -0.39 is 24.6 Å². The van der Waals surface area contributed by atoms with E-state index in [0.717, 1.165) is 38.5 Å². The van der Waals surface area contributed by atoms with Crippen LogP contribution in [0, 0.1) is 50.7 Å². The molecule has 0 amide bonds. The average molecular weight is 617 g/mol. The molecule has 6 aliphatic rings. The summed E-state index contributed by atoms with van der Waals surface area (Å²) in [6.45, 7) is 18.6. The fraction of sp³-hybridized carbons (Fsp3) is 0.919. The van der Waals surface area contributed by atoms with Crippen molar-refractivity contribution in [2.24, 2.45) is 50.7 Å². The van der Waals surface area contributed by atoms with Crippen LogP contribution in [0.25, 0.3) is 0 Å². The second kappa shape index (κ2) is 11.0. The summed E-state index contributed by atoms with van der Waals surface area (Å²) in [5, 5.41) is 30.8. The molecule has 0 radical (unpaired) electrons. The molecule has 1 heterocycles. The molecule has 4 saturated carbocycles. The maximum absolute atomic E-state index is 12.0. The van der Waals surface area contributed by atoms with Crippen molar-refractivity contribution in [2.45, 2.75) is 156 Å². The van der Waals surface area contributed by atoms with E-state index in [-0.39, 0.29) is 51.9 Å². The number of allylic oxidation sites excluding steroid dienone is 2. The topological polar surface area (TPSA) is 105 Å². The Morgan fingerprint density at radius 2 is 1.41 bits per heavy atom. The molecule has 0 bridgehead atoms. The monoisotopic (exact) mass is 616 g/mol. The van der Waals surface area contributed by atoms with E-state index in [1.54, 1.807) is 12.5 Å². The molecule has 0 spiro atoms. The van der Waals surface area contributed by atoms with Crippen LogP contribution in [0.15, 0.2) is 11.6 Å². The molecule has 0 aromatic carbocycles. The van der Waals surface area contributed by atoms with Gasteiger partial charge >= 0.3 is 5.97 Å². The molecule has 5 aliphatic carbocycles. The summed E-state index contributed by atoms with van der Waals surface area (Å²) in [5.41, 5.74) is 2.12. The molecule has 6 rings (SSSR count). The molecule has 1 unspecified atom stereocenters. The minimum Gasteiger partial charge on any atom is -0.462 e. The lowest BCUT2D eigenvalue weighted by Gasteiger charge is -2.64. The third-order valence-electron chi connectivity index (χ3n) is 14.8. The van der Waals surface area contributed by atoms with Gasteiger partial charge in [-0.2, -0.15) is 0 Å². The molecule has 1 aliphatic heterocycles. The van der Waals surface area contributed by atoms with E-state index in [0.29, 0.717) is 23.7 Å². The summed E-state index contributed by atoms with van der Waals surface area (Å²) in [5.74, 6) is 2.04. The minimum absolute atomic E-state index is 0.00207. The van der Waals surface area contributed by atoms with Gasteiger partial charge in [-0.3, -0.25) is 4.79 Å². The molecule has 44 heavy (non-hydrogen) atoms. The van der Waals surface area contributed by atoms with Crippen LogP contribution in [-0.2, 0) is 19.0 Å². The van der Waals surface area contributed by atoms with Crippen molar-refractivity contribution in [1.82, 2.24) is 0 Å². The van der Waals surface area contributed by atoms with Gasteiger partial charge in [0.1, 0.15) is 24.4 Å². The Balaban J connectivity index is 1.23. The number of rotatable bonds is 3. The van der Waals surface area contributed by atoms with Crippen molar-refractivity contribution in [1.29, 1.82) is 0 Å². The Kier molecular flexibility index (Phi) is 8.26. The van der Waals surface area contributed by atoms with E-state index >= 15 is 0 Å². The molecule has 7 heteroatoms. The molecule has 3 N–H and O–H groups in total. The fourth-order valence-electron chi connectivity index (χ4n) is 12.6. The largest absolute Gasteiger partial charge is 0.462 e. The molecule has 1 saturated heterocycles. The van der Waals surface area contributed by atoms with Gasteiger partial charge in [-0.05, 0) is 110 Å². The first-order valence-electron chi connectivity index (χ1n) is 17.7. The van der Waals surface area contributed by atoms with Gasteiger partial charge in [-0.1, -0.05) is 60.1 Å². The Hall–Kier alpha value is -0.990. The van der Waals surface area contributed by atoms with Crippen molar-refractivity contribution in [3.05, 3.63) is 11.6 Å². The van der Waals surface area contributed by atoms with E-state index in [1.165, 1.54) is 25.7 Å². The lowest BCUT2D eigenvalue weighted by atomic mass is 9.42. The third kappa shape index (κ3) is 4.96. The SMILES string of the molecule is CC(=O)OC1CC[C@]2(C)[C@H]3CC[C@@H]4[C@@]5(C)CC[C@H](O[C@@H]6OC[C@H](O)[C@H](O)[C@H]6O)C(C)(C)[C@@H]5CC[C@@]4(C)C=C3CC[C@H]2C1(C)C. The number of hydrogen-bond donors (Lipinski definition) is 3. The summed E-state index contributed by atoms with van der Waals surface area (Å²) >= 11 is 0. The zero-order chi connectivity index (χ0) is 32.0. The lowest BCUT2D eigenvalue weighted by Crippen LogP contribution is -2.61. The van der Waals surface area contributed by atoms with E-state index in [2.05, 4.69) is 54.5 Å². The maximum Gasteiger partial charge on any atom is 0.302 e. The van der Waals surface area contributed by atoms with Crippen LogP contribution in [0.4, 0.5) is 0 Å². The van der Waals surface area contributed by atoms with Gasteiger partial charge in [0.05, 0.1) is 12.7 Å². The predicted octanol–water partition coefficient (Wildman–Crippen LogP) is 6.17. The van der Waals surface area contributed by atoms with Gasteiger partial charge < -0.3 is 29.5 Å². The number of carbonyl (C=O) groups is 1. The molecule has 0 aromatic rings. The van der Waals surface area contributed by atoms with Gasteiger partial charge in [0, 0.05) is 12.3 Å². The number of esters is 1. The van der Waals surface area contributed by atoms with Crippen LogP contribution in [0.3, 0.4) is 0 Å². The third-order valence-corrected chi connectivity index (χ3v) is 14.8. The number of fused-ring (bicyclic) bond motifs is 6. The zero-order valence-corrected chi connectivity index (χ0v) is 28.6. The summed E-state index contributed by atoms with van der Waals surface area (Å²) in [6, 6.07) is 0. The van der Waals surface area contributed by atoms with Gasteiger partial charge in [0.15, 0.2) is 6.29 Å². The maximum atomic E-state index is 12.0. The summed E-state index contributed by atoms with van der Waals surface area (Å²) in [7, 11) is 0. The van der Waals surface area contributed by atoms with Crippen molar-refractivity contribution in [3.8, 4) is 0 Å². The highest BCUT2D eigenvalue weighted by Crippen LogP contribution is 2.70. The molecular formula is C37H60O7. The number of aliphatic hydroxyl groups is 3. The van der Waals surface area contributed by atoms with Crippen molar-refractivity contribution >= 4 is 5.97 Å². The van der Waals surface area contributed by atoms with Gasteiger partial charge in [-0.15, -0.1) is 0 Å². The van der Waals surface area contributed by atoms with Crippen LogP contribution in [0.1, 0.15) is 120 Å². The minimum atomic E-state index is -1.26. The normalized spacial score (nSPS) is 51.4. The Labute approximate surface area is 265 Å². The van der Waals surface area contributed by atoms with Crippen LogP contribution >= 0.6 is 0 Å². The quantitative estimate of drug-likeness (QED) is 0.198. The number of carbonyl (C=O) groups excluding carboxylic acids is 1. The Morgan fingerprint density at radius 3 is 2.11 bits per heavy atom. The second-order valence-corrected chi connectivity index (χ2v) is 17.8. The zero-order valence-electron chi connectivity index (χ0n) is 28.6.